The quantitative estimate of drug-likeness (QED) is 0.656. The van der Waals surface area contributed by atoms with E-state index in [1.807, 2.05) is 42.5 Å². The van der Waals surface area contributed by atoms with Crippen LogP contribution < -0.4 is 5.32 Å². The molecular formula is C23H20FNO2. The number of aryl methyl sites for hydroxylation is 1. The lowest BCUT2D eigenvalue weighted by Gasteiger charge is -2.07. The SMILES string of the molecule is O=C(CCc1ccccc1)Cc1ccc(NC(=O)c2cccc(F)c2)cc1. The molecular weight excluding hydrogens is 341 g/mol. The van der Waals surface area contributed by atoms with Gasteiger partial charge in [0.05, 0.1) is 0 Å². The highest BCUT2D eigenvalue weighted by Gasteiger charge is 2.08. The minimum atomic E-state index is -0.452. The molecule has 1 amide bonds. The van der Waals surface area contributed by atoms with Crippen LogP contribution in [0, 0.1) is 5.82 Å². The fourth-order valence-corrected chi connectivity index (χ4v) is 2.78. The molecule has 0 saturated carbocycles. The number of amides is 1. The molecule has 4 heteroatoms. The Morgan fingerprint density at radius 1 is 0.815 bits per heavy atom. The van der Waals surface area contributed by atoms with E-state index in [-0.39, 0.29) is 17.3 Å². The van der Waals surface area contributed by atoms with E-state index in [9.17, 15) is 14.0 Å². The fourth-order valence-electron chi connectivity index (χ4n) is 2.78. The molecule has 0 atom stereocenters. The molecule has 3 aromatic carbocycles. The Morgan fingerprint density at radius 3 is 2.26 bits per heavy atom. The molecule has 3 nitrogen and oxygen atoms in total. The number of hydrogen-bond acceptors (Lipinski definition) is 2. The first-order chi connectivity index (χ1) is 13.1. The van der Waals surface area contributed by atoms with Crippen LogP contribution in [0.1, 0.15) is 27.9 Å². The molecule has 3 aromatic rings. The Hall–Kier alpha value is -3.27. The number of carbonyl (C=O) groups is 2. The van der Waals surface area contributed by atoms with Gasteiger partial charge in [-0.3, -0.25) is 9.59 Å². The summed E-state index contributed by atoms with van der Waals surface area (Å²) in [4.78, 5) is 24.3. The summed E-state index contributed by atoms with van der Waals surface area (Å²) < 4.78 is 13.2. The molecule has 27 heavy (non-hydrogen) atoms. The molecule has 0 unspecified atom stereocenters. The smallest absolute Gasteiger partial charge is 0.255 e. The molecule has 136 valence electrons. The third-order valence-corrected chi connectivity index (χ3v) is 4.24. The number of carbonyl (C=O) groups excluding carboxylic acids is 2. The molecule has 1 N–H and O–H groups in total. The van der Waals surface area contributed by atoms with Gasteiger partial charge in [0.1, 0.15) is 11.6 Å². The van der Waals surface area contributed by atoms with Gasteiger partial charge in [-0.05, 0) is 47.9 Å². The zero-order valence-corrected chi connectivity index (χ0v) is 14.8. The van der Waals surface area contributed by atoms with E-state index in [0.29, 0.717) is 18.5 Å². The van der Waals surface area contributed by atoms with Gasteiger partial charge in [0, 0.05) is 24.1 Å². The van der Waals surface area contributed by atoms with Crippen LogP contribution in [-0.2, 0) is 17.6 Å². The number of halogens is 1. The van der Waals surface area contributed by atoms with Crippen molar-refractivity contribution in [1.29, 1.82) is 0 Å². The molecule has 0 aromatic heterocycles. The van der Waals surface area contributed by atoms with Crippen molar-refractivity contribution >= 4 is 17.4 Å². The van der Waals surface area contributed by atoms with Gasteiger partial charge in [-0.15, -0.1) is 0 Å². The standard InChI is InChI=1S/C23H20FNO2/c24-20-8-4-7-19(16-20)23(27)25-21-12-9-18(10-13-21)15-22(26)14-11-17-5-2-1-3-6-17/h1-10,12-13,16H,11,14-15H2,(H,25,27). The maximum absolute atomic E-state index is 13.2. The van der Waals surface area contributed by atoms with Crippen molar-refractivity contribution in [2.45, 2.75) is 19.3 Å². The van der Waals surface area contributed by atoms with Crippen molar-refractivity contribution in [3.05, 3.63) is 101 Å². The summed E-state index contributed by atoms with van der Waals surface area (Å²) in [5.41, 5.74) is 2.91. The monoisotopic (exact) mass is 361 g/mol. The predicted molar refractivity (Wildman–Crippen MR) is 104 cm³/mol. The molecule has 0 saturated heterocycles. The zero-order valence-electron chi connectivity index (χ0n) is 14.8. The lowest BCUT2D eigenvalue weighted by molar-refractivity contribution is -0.118. The number of rotatable bonds is 7. The van der Waals surface area contributed by atoms with Crippen molar-refractivity contribution < 1.29 is 14.0 Å². The number of anilines is 1. The van der Waals surface area contributed by atoms with Gasteiger partial charge in [-0.1, -0.05) is 48.5 Å². The zero-order chi connectivity index (χ0) is 19.1. The van der Waals surface area contributed by atoms with Crippen molar-refractivity contribution in [1.82, 2.24) is 0 Å². The molecule has 0 spiro atoms. The number of ketones is 1. The molecule has 0 radical (unpaired) electrons. The van der Waals surface area contributed by atoms with Gasteiger partial charge >= 0.3 is 0 Å². The van der Waals surface area contributed by atoms with Crippen molar-refractivity contribution in [3.63, 3.8) is 0 Å². The summed E-state index contributed by atoms with van der Waals surface area (Å²) in [5.74, 6) is -0.649. The average molecular weight is 361 g/mol. The maximum Gasteiger partial charge on any atom is 0.255 e. The van der Waals surface area contributed by atoms with Crippen LogP contribution in [0.3, 0.4) is 0 Å². The first kappa shape index (κ1) is 18.5. The lowest BCUT2D eigenvalue weighted by Crippen LogP contribution is -2.12. The first-order valence-corrected chi connectivity index (χ1v) is 8.81. The predicted octanol–water partition coefficient (Wildman–Crippen LogP) is 4.82. The summed E-state index contributed by atoms with van der Waals surface area (Å²) >= 11 is 0. The molecule has 0 aliphatic rings. The second-order valence-electron chi connectivity index (χ2n) is 6.36. The van der Waals surface area contributed by atoms with E-state index < -0.39 is 5.82 Å². The van der Waals surface area contributed by atoms with E-state index >= 15 is 0 Å². The molecule has 3 rings (SSSR count). The van der Waals surface area contributed by atoms with Gasteiger partial charge in [0.25, 0.3) is 5.91 Å². The number of benzene rings is 3. The van der Waals surface area contributed by atoms with Gasteiger partial charge in [-0.2, -0.15) is 0 Å². The second kappa shape index (κ2) is 8.90. The summed E-state index contributed by atoms with van der Waals surface area (Å²) in [6.45, 7) is 0. The van der Waals surface area contributed by atoms with Gasteiger partial charge in [-0.25, -0.2) is 4.39 Å². The molecule has 0 heterocycles. The summed E-state index contributed by atoms with van der Waals surface area (Å²) in [6, 6.07) is 22.6. The Bertz CT molecular complexity index is 921. The minimum absolute atomic E-state index is 0.176. The van der Waals surface area contributed by atoms with Gasteiger partial charge < -0.3 is 5.32 Å². The highest BCUT2D eigenvalue weighted by atomic mass is 19.1. The van der Waals surface area contributed by atoms with Crippen molar-refractivity contribution in [2.24, 2.45) is 0 Å². The summed E-state index contributed by atoms with van der Waals surface area (Å²) in [5, 5.41) is 2.72. The van der Waals surface area contributed by atoms with E-state index in [1.54, 1.807) is 18.2 Å². The minimum Gasteiger partial charge on any atom is -0.322 e. The van der Waals surface area contributed by atoms with Crippen LogP contribution in [0.15, 0.2) is 78.9 Å². The van der Waals surface area contributed by atoms with Crippen LogP contribution in [0.5, 0.6) is 0 Å². The Kier molecular flexibility index (Phi) is 6.10. The van der Waals surface area contributed by atoms with Gasteiger partial charge in [0.15, 0.2) is 0 Å². The van der Waals surface area contributed by atoms with Gasteiger partial charge in [0.2, 0.25) is 0 Å². The topological polar surface area (TPSA) is 46.2 Å². The number of Topliss-reactive ketones (excluding diaryl/α,β-unsaturated/α-hetero) is 1. The van der Waals surface area contributed by atoms with Crippen LogP contribution in [-0.4, -0.2) is 11.7 Å². The van der Waals surface area contributed by atoms with E-state index in [2.05, 4.69) is 5.32 Å². The Labute approximate surface area is 157 Å². The first-order valence-electron chi connectivity index (χ1n) is 8.81. The van der Waals surface area contributed by atoms with E-state index in [4.69, 9.17) is 0 Å². The maximum atomic E-state index is 13.2. The van der Waals surface area contributed by atoms with E-state index in [1.165, 1.54) is 18.2 Å². The highest BCUT2D eigenvalue weighted by Crippen LogP contribution is 2.14. The number of hydrogen-bond donors (Lipinski definition) is 1. The van der Waals surface area contributed by atoms with Crippen LogP contribution in [0.4, 0.5) is 10.1 Å². The highest BCUT2D eigenvalue weighted by molar-refractivity contribution is 6.04. The van der Waals surface area contributed by atoms with Crippen molar-refractivity contribution in [2.75, 3.05) is 5.32 Å². The lowest BCUT2D eigenvalue weighted by atomic mass is 10.0. The second-order valence-corrected chi connectivity index (χ2v) is 6.36. The molecule has 0 aliphatic carbocycles. The van der Waals surface area contributed by atoms with Crippen molar-refractivity contribution in [3.8, 4) is 0 Å². The molecule has 0 aliphatic heterocycles. The number of nitrogens with one attached hydrogen (secondary N) is 1. The average Bonchev–Trinajstić information content (AvgIpc) is 2.69. The third kappa shape index (κ3) is 5.61. The van der Waals surface area contributed by atoms with Crippen LogP contribution in [0.2, 0.25) is 0 Å². The largest absolute Gasteiger partial charge is 0.322 e. The van der Waals surface area contributed by atoms with E-state index in [0.717, 1.165) is 17.5 Å². The Balaban J connectivity index is 1.52. The summed E-state index contributed by atoms with van der Waals surface area (Å²) in [7, 11) is 0. The fraction of sp³-hybridized carbons (Fsp3) is 0.130. The molecule has 0 bridgehead atoms. The summed E-state index contributed by atoms with van der Waals surface area (Å²) in [6.07, 6.45) is 1.61. The normalized spacial score (nSPS) is 10.4. The Morgan fingerprint density at radius 2 is 1.56 bits per heavy atom. The third-order valence-electron chi connectivity index (χ3n) is 4.24. The molecule has 0 fully saturated rings. The van der Waals surface area contributed by atoms with Crippen LogP contribution in [0.25, 0.3) is 0 Å². The van der Waals surface area contributed by atoms with Crippen LogP contribution >= 0.6 is 0 Å².